The van der Waals surface area contributed by atoms with E-state index in [0.29, 0.717) is 6.42 Å². The van der Waals surface area contributed by atoms with Crippen LogP contribution in [0.25, 0.3) is 0 Å². The fraction of sp³-hybridized carbons (Fsp3) is 0.333. The molecule has 0 saturated heterocycles. The SMILES string of the molecule is CCCNC(Cc1ccc(F)c(Cl)c1)c1ccncn1. The maximum absolute atomic E-state index is 13.2. The van der Waals surface area contributed by atoms with Gasteiger partial charge in [-0.05, 0) is 43.1 Å². The molecule has 0 spiro atoms. The first-order valence-electron chi connectivity index (χ1n) is 6.64. The Hall–Kier alpha value is -1.52. The topological polar surface area (TPSA) is 37.8 Å². The monoisotopic (exact) mass is 293 g/mol. The number of nitrogens with one attached hydrogen (secondary N) is 1. The van der Waals surface area contributed by atoms with E-state index in [1.165, 1.54) is 12.4 Å². The molecule has 0 bridgehead atoms. The van der Waals surface area contributed by atoms with Gasteiger partial charge in [-0.1, -0.05) is 24.6 Å². The molecule has 106 valence electrons. The Morgan fingerprint density at radius 1 is 1.35 bits per heavy atom. The van der Waals surface area contributed by atoms with Gasteiger partial charge in [0.1, 0.15) is 12.1 Å². The Morgan fingerprint density at radius 3 is 2.85 bits per heavy atom. The third-order valence-corrected chi connectivity index (χ3v) is 3.32. The van der Waals surface area contributed by atoms with E-state index in [0.717, 1.165) is 24.2 Å². The van der Waals surface area contributed by atoms with Crippen molar-refractivity contribution in [3.8, 4) is 0 Å². The summed E-state index contributed by atoms with van der Waals surface area (Å²) in [5.74, 6) is -0.393. The van der Waals surface area contributed by atoms with Gasteiger partial charge in [0.25, 0.3) is 0 Å². The largest absolute Gasteiger partial charge is 0.308 e. The summed E-state index contributed by atoms with van der Waals surface area (Å²) in [6, 6.07) is 6.77. The molecule has 0 saturated carbocycles. The summed E-state index contributed by atoms with van der Waals surface area (Å²) in [7, 11) is 0. The Kier molecular flexibility index (Phi) is 5.44. The van der Waals surface area contributed by atoms with Gasteiger partial charge < -0.3 is 5.32 Å². The van der Waals surface area contributed by atoms with Crippen LogP contribution in [-0.4, -0.2) is 16.5 Å². The summed E-state index contributed by atoms with van der Waals surface area (Å²) >= 11 is 5.83. The van der Waals surface area contributed by atoms with Crippen LogP contribution in [0.2, 0.25) is 5.02 Å². The third kappa shape index (κ3) is 3.99. The first-order valence-corrected chi connectivity index (χ1v) is 7.01. The number of benzene rings is 1. The Labute approximate surface area is 123 Å². The van der Waals surface area contributed by atoms with Gasteiger partial charge in [0, 0.05) is 6.20 Å². The summed E-state index contributed by atoms with van der Waals surface area (Å²) in [6.07, 6.45) is 5.00. The Morgan fingerprint density at radius 2 is 2.20 bits per heavy atom. The lowest BCUT2D eigenvalue weighted by atomic mass is 10.0. The number of rotatable bonds is 6. The van der Waals surface area contributed by atoms with Crippen LogP contribution in [0, 0.1) is 5.82 Å². The minimum Gasteiger partial charge on any atom is -0.308 e. The maximum atomic E-state index is 13.2. The van der Waals surface area contributed by atoms with E-state index in [2.05, 4.69) is 22.2 Å². The number of aromatic nitrogens is 2. The lowest BCUT2D eigenvalue weighted by Gasteiger charge is -2.18. The number of halogens is 2. The van der Waals surface area contributed by atoms with Crippen molar-refractivity contribution in [2.24, 2.45) is 0 Å². The van der Waals surface area contributed by atoms with Gasteiger partial charge in [-0.25, -0.2) is 14.4 Å². The Bertz CT molecular complexity index is 548. The second-order valence-electron chi connectivity index (χ2n) is 4.59. The molecular formula is C15H17ClFN3. The maximum Gasteiger partial charge on any atom is 0.141 e. The van der Waals surface area contributed by atoms with Gasteiger partial charge >= 0.3 is 0 Å². The zero-order valence-corrected chi connectivity index (χ0v) is 12.1. The van der Waals surface area contributed by atoms with Crippen LogP contribution in [0.15, 0.2) is 36.8 Å². The van der Waals surface area contributed by atoms with Crippen LogP contribution in [0.5, 0.6) is 0 Å². The number of hydrogen-bond donors (Lipinski definition) is 1. The molecule has 1 aromatic carbocycles. The van der Waals surface area contributed by atoms with Crippen molar-refractivity contribution in [2.45, 2.75) is 25.8 Å². The van der Waals surface area contributed by atoms with E-state index in [-0.39, 0.29) is 11.1 Å². The van der Waals surface area contributed by atoms with Crippen LogP contribution in [0.3, 0.4) is 0 Å². The van der Waals surface area contributed by atoms with Crippen LogP contribution in [0.1, 0.15) is 30.6 Å². The molecule has 3 nitrogen and oxygen atoms in total. The molecule has 1 N–H and O–H groups in total. The summed E-state index contributed by atoms with van der Waals surface area (Å²) in [6.45, 7) is 3.00. The number of hydrogen-bond acceptors (Lipinski definition) is 3. The van der Waals surface area contributed by atoms with E-state index in [1.54, 1.807) is 18.3 Å². The van der Waals surface area contributed by atoms with Gasteiger partial charge in [-0.15, -0.1) is 0 Å². The highest BCUT2D eigenvalue weighted by Crippen LogP contribution is 2.21. The van der Waals surface area contributed by atoms with Crippen LogP contribution in [0.4, 0.5) is 4.39 Å². The molecule has 0 aliphatic rings. The van der Waals surface area contributed by atoms with Gasteiger partial charge in [0.05, 0.1) is 16.8 Å². The predicted molar refractivity (Wildman–Crippen MR) is 78.2 cm³/mol. The first kappa shape index (κ1) is 14.9. The van der Waals surface area contributed by atoms with Crippen molar-refractivity contribution in [2.75, 3.05) is 6.54 Å². The lowest BCUT2D eigenvalue weighted by molar-refractivity contribution is 0.516. The molecule has 1 atom stereocenters. The van der Waals surface area contributed by atoms with Gasteiger partial charge in [-0.3, -0.25) is 0 Å². The molecule has 0 amide bonds. The molecule has 20 heavy (non-hydrogen) atoms. The summed E-state index contributed by atoms with van der Waals surface area (Å²) in [5.41, 5.74) is 1.90. The minimum atomic E-state index is -0.393. The van der Waals surface area contributed by atoms with E-state index in [4.69, 9.17) is 11.6 Å². The minimum absolute atomic E-state index is 0.0690. The normalized spacial score (nSPS) is 12.3. The first-order chi connectivity index (χ1) is 9.70. The summed E-state index contributed by atoms with van der Waals surface area (Å²) in [4.78, 5) is 8.22. The highest BCUT2D eigenvalue weighted by Gasteiger charge is 2.13. The molecule has 2 rings (SSSR count). The van der Waals surface area contributed by atoms with Crippen molar-refractivity contribution >= 4 is 11.6 Å². The molecular weight excluding hydrogens is 277 g/mol. The third-order valence-electron chi connectivity index (χ3n) is 3.03. The van der Waals surface area contributed by atoms with E-state index in [1.807, 2.05) is 6.07 Å². The Balaban J connectivity index is 2.17. The van der Waals surface area contributed by atoms with Crippen LogP contribution in [-0.2, 0) is 6.42 Å². The molecule has 1 unspecified atom stereocenters. The second kappa shape index (κ2) is 7.31. The van der Waals surface area contributed by atoms with Crippen molar-refractivity contribution < 1.29 is 4.39 Å². The lowest BCUT2D eigenvalue weighted by Crippen LogP contribution is -2.25. The molecule has 0 aliphatic carbocycles. The average Bonchev–Trinajstić information content (AvgIpc) is 2.48. The van der Waals surface area contributed by atoms with Gasteiger partial charge in [0.2, 0.25) is 0 Å². The summed E-state index contributed by atoms with van der Waals surface area (Å²) < 4.78 is 13.2. The highest BCUT2D eigenvalue weighted by molar-refractivity contribution is 6.30. The van der Waals surface area contributed by atoms with Crippen LogP contribution < -0.4 is 5.32 Å². The number of nitrogens with zero attached hydrogens (tertiary/aromatic N) is 2. The molecule has 5 heteroatoms. The smallest absolute Gasteiger partial charge is 0.141 e. The zero-order valence-electron chi connectivity index (χ0n) is 11.3. The fourth-order valence-corrected chi connectivity index (χ4v) is 2.21. The average molecular weight is 294 g/mol. The van der Waals surface area contributed by atoms with E-state index >= 15 is 0 Å². The summed E-state index contributed by atoms with van der Waals surface area (Å²) in [5, 5.41) is 3.59. The van der Waals surface area contributed by atoms with Crippen molar-refractivity contribution in [3.63, 3.8) is 0 Å². The fourth-order valence-electron chi connectivity index (χ4n) is 2.01. The van der Waals surface area contributed by atoms with Crippen molar-refractivity contribution in [1.82, 2.24) is 15.3 Å². The quantitative estimate of drug-likeness (QED) is 0.885. The van der Waals surface area contributed by atoms with E-state index < -0.39 is 5.82 Å². The molecule has 0 fully saturated rings. The van der Waals surface area contributed by atoms with Crippen molar-refractivity contribution in [3.05, 3.63) is 58.9 Å². The van der Waals surface area contributed by atoms with Crippen molar-refractivity contribution in [1.29, 1.82) is 0 Å². The zero-order chi connectivity index (χ0) is 14.4. The van der Waals surface area contributed by atoms with Gasteiger partial charge in [0.15, 0.2) is 0 Å². The van der Waals surface area contributed by atoms with Gasteiger partial charge in [-0.2, -0.15) is 0 Å². The molecule has 1 aromatic heterocycles. The molecule has 0 aliphatic heterocycles. The molecule has 2 aromatic rings. The van der Waals surface area contributed by atoms with E-state index in [9.17, 15) is 4.39 Å². The predicted octanol–water partition coefficient (Wildman–Crippen LogP) is 3.55. The molecule has 0 radical (unpaired) electrons. The van der Waals surface area contributed by atoms with Crippen LogP contribution >= 0.6 is 11.6 Å². The second-order valence-corrected chi connectivity index (χ2v) is 5.00. The standard InChI is InChI=1S/C15H17ClFN3/c1-2-6-19-15(14-5-7-18-10-20-14)9-11-3-4-13(17)12(16)8-11/h3-5,7-8,10,15,19H,2,6,9H2,1H3. The molecule has 1 heterocycles. The highest BCUT2D eigenvalue weighted by atomic mass is 35.5.